The fourth-order valence-corrected chi connectivity index (χ4v) is 2.07. The van der Waals surface area contributed by atoms with Crippen molar-refractivity contribution in [2.75, 3.05) is 0 Å². The minimum atomic E-state index is -1.01. The number of benzene rings is 1. The second-order valence-corrected chi connectivity index (χ2v) is 4.54. The predicted molar refractivity (Wildman–Crippen MR) is 66.0 cm³/mol. The van der Waals surface area contributed by atoms with Gasteiger partial charge in [0, 0.05) is 10.9 Å². The molecule has 18 heavy (non-hydrogen) atoms. The fraction of sp³-hybridized carbons (Fsp3) is 0.182. The van der Waals surface area contributed by atoms with Crippen molar-refractivity contribution >= 4 is 32.9 Å². The first-order valence-electron chi connectivity index (χ1n) is 5.07. The van der Waals surface area contributed by atoms with E-state index in [0.29, 0.717) is 9.99 Å². The zero-order valence-electron chi connectivity index (χ0n) is 9.04. The van der Waals surface area contributed by atoms with Gasteiger partial charge < -0.3 is 10.1 Å². The van der Waals surface area contributed by atoms with Crippen LogP contribution in [0.4, 0.5) is 4.39 Å². The van der Waals surface area contributed by atoms with E-state index in [0.717, 1.165) is 6.07 Å². The number of fused-ring (bicyclic) bond motifs is 1. The number of H-pyrrole nitrogens is 1. The van der Waals surface area contributed by atoms with Gasteiger partial charge in [0.15, 0.2) is 0 Å². The molecule has 0 aliphatic heterocycles. The van der Waals surface area contributed by atoms with Gasteiger partial charge in [0.05, 0.1) is 11.9 Å². The molecule has 0 bridgehead atoms. The van der Waals surface area contributed by atoms with E-state index in [1.54, 1.807) is 0 Å². The lowest BCUT2D eigenvalue weighted by molar-refractivity contribution is -0.136. The van der Waals surface area contributed by atoms with Crippen molar-refractivity contribution in [1.82, 2.24) is 9.97 Å². The van der Waals surface area contributed by atoms with Gasteiger partial charge in [0.25, 0.3) is 5.56 Å². The Hall–Kier alpha value is -1.76. The van der Waals surface area contributed by atoms with Crippen LogP contribution in [0, 0.1) is 5.82 Å². The van der Waals surface area contributed by atoms with Gasteiger partial charge >= 0.3 is 5.97 Å². The Kier molecular flexibility index (Phi) is 3.42. The summed E-state index contributed by atoms with van der Waals surface area (Å²) in [5.41, 5.74) is 0.292. The van der Waals surface area contributed by atoms with E-state index in [1.165, 1.54) is 6.07 Å². The van der Waals surface area contributed by atoms with Crippen LogP contribution < -0.4 is 5.56 Å². The maximum atomic E-state index is 13.1. The van der Waals surface area contributed by atoms with Crippen molar-refractivity contribution < 1.29 is 14.3 Å². The van der Waals surface area contributed by atoms with Crippen LogP contribution in [0.5, 0.6) is 0 Å². The molecule has 94 valence electrons. The van der Waals surface area contributed by atoms with Crippen LogP contribution >= 0.6 is 15.9 Å². The van der Waals surface area contributed by atoms with Crippen LogP contribution in [0.15, 0.2) is 21.4 Å². The molecule has 0 amide bonds. The van der Waals surface area contributed by atoms with Crippen LogP contribution in [-0.2, 0) is 11.2 Å². The highest BCUT2D eigenvalue weighted by Crippen LogP contribution is 2.21. The highest BCUT2D eigenvalue weighted by atomic mass is 79.9. The first-order chi connectivity index (χ1) is 8.47. The molecule has 0 saturated carbocycles. The lowest BCUT2D eigenvalue weighted by Gasteiger charge is -2.03. The standard InChI is InChI=1S/C11H8BrFN2O3/c12-6-3-5(13)4-8-10(6)14-7(11(18)15-8)1-2-9(16)17/h3-4H,1-2H2,(H,15,18)(H,16,17). The van der Waals surface area contributed by atoms with Crippen LogP contribution in [0.3, 0.4) is 0 Å². The van der Waals surface area contributed by atoms with Crippen molar-refractivity contribution in [2.45, 2.75) is 12.8 Å². The number of nitrogens with zero attached hydrogens (tertiary/aromatic N) is 1. The second kappa shape index (κ2) is 4.85. The smallest absolute Gasteiger partial charge is 0.303 e. The SMILES string of the molecule is O=C(O)CCc1nc2c(Br)cc(F)cc2[nH]c1=O. The third-order valence-corrected chi connectivity index (χ3v) is 2.97. The molecule has 0 aliphatic carbocycles. The number of rotatable bonds is 3. The number of aromatic nitrogens is 2. The molecule has 0 fully saturated rings. The van der Waals surface area contributed by atoms with Crippen LogP contribution in [0.1, 0.15) is 12.1 Å². The molecule has 0 unspecified atom stereocenters. The summed E-state index contributed by atoms with van der Waals surface area (Å²) in [6.07, 6.45) is -0.148. The number of hydrogen-bond acceptors (Lipinski definition) is 3. The van der Waals surface area contributed by atoms with Gasteiger partial charge in [-0.2, -0.15) is 0 Å². The third kappa shape index (κ3) is 2.56. The molecule has 1 heterocycles. The maximum Gasteiger partial charge on any atom is 0.303 e. The summed E-state index contributed by atoms with van der Waals surface area (Å²) in [5.74, 6) is -1.50. The van der Waals surface area contributed by atoms with E-state index in [1.807, 2.05) is 0 Å². The molecule has 0 atom stereocenters. The average molecular weight is 315 g/mol. The Balaban J connectivity index is 2.54. The summed E-state index contributed by atoms with van der Waals surface area (Å²) in [4.78, 5) is 28.6. The Morgan fingerprint density at radius 1 is 1.50 bits per heavy atom. The lowest BCUT2D eigenvalue weighted by Crippen LogP contribution is -2.16. The summed E-state index contributed by atoms with van der Waals surface area (Å²) >= 11 is 3.15. The maximum absolute atomic E-state index is 13.1. The van der Waals surface area contributed by atoms with Gasteiger partial charge in [-0.15, -0.1) is 0 Å². The van der Waals surface area contributed by atoms with E-state index in [9.17, 15) is 14.0 Å². The Morgan fingerprint density at radius 2 is 2.22 bits per heavy atom. The highest BCUT2D eigenvalue weighted by Gasteiger charge is 2.10. The molecule has 7 heteroatoms. The number of nitrogens with one attached hydrogen (secondary N) is 1. The van der Waals surface area contributed by atoms with Crippen molar-refractivity contribution in [2.24, 2.45) is 0 Å². The zero-order chi connectivity index (χ0) is 13.3. The lowest BCUT2D eigenvalue weighted by atomic mass is 10.2. The Morgan fingerprint density at radius 3 is 2.89 bits per heavy atom. The average Bonchev–Trinajstić information content (AvgIpc) is 2.26. The first-order valence-corrected chi connectivity index (χ1v) is 5.86. The van der Waals surface area contributed by atoms with E-state index < -0.39 is 17.3 Å². The van der Waals surface area contributed by atoms with Crippen molar-refractivity contribution in [1.29, 1.82) is 0 Å². The van der Waals surface area contributed by atoms with E-state index in [2.05, 4.69) is 25.9 Å². The van der Waals surface area contributed by atoms with Crippen LogP contribution in [-0.4, -0.2) is 21.0 Å². The molecule has 2 N–H and O–H groups in total. The molecule has 0 saturated heterocycles. The predicted octanol–water partition coefficient (Wildman–Crippen LogP) is 1.84. The number of aryl methyl sites for hydroxylation is 1. The first kappa shape index (κ1) is 12.7. The number of halogens is 2. The van der Waals surface area contributed by atoms with Crippen LogP contribution in [0.25, 0.3) is 11.0 Å². The molecule has 0 spiro atoms. The van der Waals surface area contributed by atoms with Crippen molar-refractivity contribution in [3.05, 3.63) is 38.5 Å². The molecule has 1 aromatic heterocycles. The topological polar surface area (TPSA) is 83.0 Å². The number of carbonyl (C=O) groups is 1. The summed E-state index contributed by atoms with van der Waals surface area (Å²) in [6.45, 7) is 0. The fourth-order valence-electron chi connectivity index (χ4n) is 1.55. The van der Waals surface area contributed by atoms with Gasteiger partial charge in [-0.1, -0.05) is 0 Å². The van der Waals surface area contributed by atoms with Gasteiger partial charge in [-0.25, -0.2) is 9.37 Å². The van der Waals surface area contributed by atoms with E-state index >= 15 is 0 Å². The van der Waals surface area contributed by atoms with E-state index in [-0.39, 0.29) is 24.1 Å². The van der Waals surface area contributed by atoms with E-state index in [4.69, 9.17) is 5.11 Å². The second-order valence-electron chi connectivity index (χ2n) is 3.69. The third-order valence-electron chi connectivity index (χ3n) is 2.36. The van der Waals surface area contributed by atoms with Crippen LogP contribution in [0.2, 0.25) is 0 Å². The molecular formula is C11H8BrFN2O3. The minimum Gasteiger partial charge on any atom is -0.481 e. The van der Waals surface area contributed by atoms with Gasteiger partial charge in [-0.05, 0) is 28.1 Å². The van der Waals surface area contributed by atoms with Gasteiger partial charge in [0.2, 0.25) is 0 Å². The van der Waals surface area contributed by atoms with Crippen molar-refractivity contribution in [3.63, 3.8) is 0 Å². The number of carboxylic acids is 1. The number of carboxylic acid groups (broad SMARTS) is 1. The Bertz CT molecular complexity index is 684. The quantitative estimate of drug-likeness (QED) is 0.905. The molecule has 1 aromatic carbocycles. The molecule has 5 nitrogen and oxygen atoms in total. The summed E-state index contributed by atoms with van der Waals surface area (Å²) in [6, 6.07) is 2.39. The number of aromatic amines is 1. The molecular weight excluding hydrogens is 307 g/mol. The minimum absolute atomic E-state index is 0.0322. The number of aliphatic carboxylic acids is 1. The molecule has 2 rings (SSSR count). The zero-order valence-corrected chi connectivity index (χ0v) is 10.6. The largest absolute Gasteiger partial charge is 0.481 e. The number of hydrogen-bond donors (Lipinski definition) is 2. The van der Waals surface area contributed by atoms with Crippen molar-refractivity contribution in [3.8, 4) is 0 Å². The summed E-state index contributed by atoms with van der Waals surface area (Å²) < 4.78 is 13.5. The van der Waals surface area contributed by atoms with Gasteiger partial charge in [-0.3, -0.25) is 9.59 Å². The monoisotopic (exact) mass is 314 g/mol. The molecule has 0 radical (unpaired) electrons. The summed E-state index contributed by atoms with van der Waals surface area (Å²) in [7, 11) is 0. The normalized spacial score (nSPS) is 10.8. The summed E-state index contributed by atoms with van der Waals surface area (Å²) in [5, 5.41) is 8.57. The molecule has 2 aromatic rings. The Labute approximate surface area is 109 Å². The molecule has 0 aliphatic rings. The highest BCUT2D eigenvalue weighted by molar-refractivity contribution is 9.10. The van der Waals surface area contributed by atoms with Gasteiger partial charge in [0.1, 0.15) is 17.0 Å².